The lowest BCUT2D eigenvalue weighted by atomic mass is 9.96. The lowest BCUT2D eigenvalue weighted by Crippen LogP contribution is -2.40. The van der Waals surface area contributed by atoms with Crippen LogP contribution in [0.3, 0.4) is 0 Å². The minimum absolute atomic E-state index is 0.316. The second kappa shape index (κ2) is 8.79. The molecule has 0 unspecified atom stereocenters. The third-order valence-corrected chi connectivity index (χ3v) is 4.48. The summed E-state index contributed by atoms with van der Waals surface area (Å²) in [5, 5.41) is 3.23. The summed E-state index contributed by atoms with van der Waals surface area (Å²) in [6.07, 6.45) is 4.78. The molecule has 2 rings (SSSR count). The number of likely N-dealkylation sites (tertiary alicyclic amines) is 1. The zero-order valence-corrected chi connectivity index (χ0v) is 13.8. The molecule has 1 aromatic carbocycles. The summed E-state index contributed by atoms with van der Waals surface area (Å²) in [6, 6.07) is 8.10. The Labute approximate surface area is 133 Å². The van der Waals surface area contributed by atoms with Gasteiger partial charge in [0.05, 0.1) is 7.11 Å². The summed E-state index contributed by atoms with van der Waals surface area (Å²) in [4.78, 5) is 14.3. The zero-order chi connectivity index (χ0) is 15.8. The average Bonchev–Trinajstić information content (AvgIpc) is 2.56. The molecule has 0 aliphatic carbocycles. The molecule has 1 N–H and O–H groups in total. The fourth-order valence-corrected chi connectivity index (χ4v) is 3.07. The van der Waals surface area contributed by atoms with Crippen LogP contribution in [0.25, 0.3) is 0 Å². The van der Waals surface area contributed by atoms with Crippen LogP contribution in [0.4, 0.5) is 0 Å². The van der Waals surface area contributed by atoms with Crippen molar-refractivity contribution in [1.29, 1.82) is 0 Å². The number of nitrogens with one attached hydrogen (secondary N) is 1. The van der Waals surface area contributed by atoms with Crippen LogP contribution in [0.1, 0.15) is 31.2 Å². The Morgan fingerprint density at radius 1 is 1.27 bits per heavy atom. The van der Waals surface area contributed by atoms with Gasteiger partial charge in [-0.1, -0.05) is 12.1 Å². The number of ether oxygens (including phenoxy) is 1. The number of nitrogens with zero attached hydrogens (tertiary/aromatic N) is 1. The standard InChI is InChI=1S/C18H28N2O2/c1-19-14-16-10-12-20(13-11-16)18(21)5-3-4-15-6-8-17(22-2)9-7-15/h6-9,16,19H,3-5,10-14H2,1-2H3. The molecule has 1 amide bonds. The summed E-state index contributed by atoms with van der Waals surface area (Å²) in [7, 11) is 3.67. The lowest BCUT2D eigenvalue weighted by Gasteiger charge is -2.32. The first-order valence-electron chi connectivity index (χ1n) is 8.28. The van der Waals surface area contributed by atoms with Gasteiger partial charge in [-0.25, -0.2) is 0 Å². The first kappa shape index (κ1) is 16.8. The van der Waals surface area contributed by atoms with Crippen LogP contribution in [0.2, 0.25) is 0 Å². The van der Waals surface area contributed by atoms with E-state index in [1.807, 2.05) is 24.1 Å². The molecular formula is C18H28N2O2. The van der Waals surface area contributed by atoms with Gasteiger partial charge in [0.25, 0.3) is 0 Å². The van der Waals surface area contributed by atoms with E-state index in [-0.39, 0.29) is 0 Å². The molecule has 1 saturated heterocycles. The van der Waals surface area contributed by atoms with Crippen LogP contribution in [0, 0.1) is 5.92 Å². The Morgan fingerprint density at radius 3 is 2.55 bits per heavy atom. The van der Waals surface area contributed by atoms with E-state index in [1.54, 1.807) is 7.11 Å². The van der Waals surface area contributed by atoms with Gasteiger partial charge < -0.3 is 15.0 Å². The topological polar surface area (TPSA) is 41.6 Å². The fourth-order valence-electron chi connectivity index (χ4n) is 3.07. The van der Waals surface area contributed by atoms with E-state index in [2.05, 4.69) is 17.4 Å². The molecule has 1 fully saturated rings. The van der Waals surface area contributed by atoms with Crippen LogP contribution >= 0.6 is 0 Å². The predicted octanol–water partition coefficient (Wildman–Crippen LogP) is 2.48. The third kappa shape index (κ3) is 5.02. The highest BCUT2D eigenvalue weighted by Crippen LogP contribution is 2.18. The summed E-state index contributed by atoms with van der Waals surface area (Å²) in [5.41, 5.74) is 1.27. The fraction of sp³-hybridized carbons (Fsp3) is 0.611. The summed E-state index contributed by atoms with van der Waals surface area (Å²) in [6.45, 7) is 2.92. The van der Waals surface area contributed by atoms with Gasteiger partial charge in [-0.05, 0) is 62.9 Å². The number of carbonyl (C=O) groups is 1. The van der Waals surface area contributed by atoms with Crippen LogP contribution in [-0.2, 0) is 11.2 Å². The van der Waals surface area contributed by atoms with Crippen molar-refractivity contribution in [2.24, 2.45) is 5.92 Å². The predicted molar refractivity (Wildman–Crippen MR) is 89.2 cm³/mol. The van der Waals surface area contributed by atoms with Gasteiger partial charge in [0, 0.05) is 19.5 Å². The highest BCUT2D eigenvalue weighted by Gasteiger charge is 2.21. The van der Waals surface area contributed by atoms with Gasteiger partial charge in [0.1, 0.15) is 5.75 Å². The van der Waals surface area contributed by atoms with Crippen LogP contribution in [0.5, 0.6) is 5.75 Å². The maximum absolute atomic E-state index is 12.2. The molecule has 4 heteroatoms. The first-order valence-corrected chi connectivity index (χ1v) is 8.28. The minimum atomic E-state index is 0.316. The normalized spacial score (nSPS) is 15.8. The van der Waals surface area contributed by atoms with Gasteiger partial charge in [-0.3, -0.25) is 4.79 Å². The third-order valence-electron chi connectivity index (χ3n) is 4.48. The van der Waals surface area contributed by atoms with Crippen molar-refractivity contribution < 1.29 is 9.53 Å². The van der Waals surface area contributed by atoms with E-state index < -0.39 is 0 Å². The first-order chi connectivity index (χ1) is 10.7. The number of methoxy groups -OCH3 is 1. The number of rotatable bonds is 7. The number of aryl methyl sites for hydroxylation is 1. The quantitative estimate of drug-likeness (QED) is 0.841. The molecule has 1 heterocycles. The van der Waals surface area contributed by atoms with Crippen molar-refractivity contribution in [3.8, 4) is 5.75 Å². The molecule has 0 saturated carbocycles. The maximum Gasteiger partial charge on any atom is 0.222 e. The lowest BCUT2D eigenvalue weighted by molar-refractivity contribution is -0.132. The van der Waals surface area contributed by atoms with Crippen LogP contribution in [0.15, 0.2) is 24.3 Å². The van der Waals surface area contributed by atoms with E-state index in [4.69, 9.17) is 4.74 Å². The maximum atomic E-state index is 12.2. The minimum Gasteiger partial charge on any atom is -0.497 e. The van der Waals surface area contributed by atoms with Crippen molar-refractivity contribution >= 4 is 5.91 Å². The molecule has 0 bridgehead atoms. The molecule has 22 heavy (non-hydrogen) atoms. The molecule has 0 atom stereocenters. The molecule has 0 spiro atoms. The summed E-state index contributed by atoms with van der Waals surface area (Å²) >= 11 is 0. The number of carbonyl (C=O) groups excluding carboxylic acids is 1. The Hall–Kier alpha value is -1.55. The van der Waals surface area contributed by atoms with Gasteiger partial charge in [0.15, 0.2) is 0 Å². The Morgan fingerprint density at radius 2 is 1.95 bits per heavy atom. The Balaban J connectivity index is 1.67. The van der Waals surface area contributed by atoms with E-state index in [0.29, 0.717) is 12.3 Å². The van der Waals surface area contributed by atoms with E-state index in [0.717, 1.165) is 57.0 Å². The second-order valence-corrected chi connectivity index (χ2v) is 6.08. The number of hydrogen-bond acceptors (Lipinski definition) is 3. The number of amides is 1. The molecule has 0 aromatic heterocycles. The van der Waals surface area contributed by atoms with Crippen molar-refractivity contribution in [3.63, 3.8) is 0 Å². The van der Waals surface area contributed by atoms with Crippen molar-refractivity contribution in [2.45, 2.75) is 32.1 Å². The molecule has 1 aromatic rings. The van der Waals surface area contributed by atoms with E-state index in [1.165, 1.54) is 5.56 Å². The SMILES string of the molecule is CNCC1CCN(C(=O)CCCc2ccc(OC)cc2)CC1. The monoisotopic (exact) mass is 304 g/mol. The number of benzene rings is 1. The van der Waals surface area contributed by atoms with Gasteiger partial charge in [0.2, 0.25) is 5.91 Å². The largest absolute Gasteiger partial charge is 0.497 e. The van der Waals surface area contributed by atoms with Gasteiger partial charge >= 0.3 is 0 Å². The molecule has 4 nitrogen and oxygen atoms in total. The highest BCUT2D eigenvalue weighted by molar-refractivity contribution is 5.76. The van der Waals surface area contributed by atoms with Crippen molar-refractivity contribution in [1.82, 2.24) is 10.2 Å². The smallest absolute Gasteiger partial charge is 0.222 e. The van der Waals surface area contributed by atoms with Crippen molar-refractivity contribution in [2.75, 3.05) is 33.8 Å². The summed E-state index contributed by atoms with van der Waals surface area (Å²) in [5.74, 6) is 1.93. The summed E-state index contributed by atoms with van der Waals surface area (Å²) < 4.78 is 5.15. The van der Waals surface area contributed by atoms with Crippen LogP contribution < -0.4 is 10.1 Å². The van der Waals surface area contributed by atoms with E-state index in [9.17, 15) is 4.79 Å². The highest BCUT2D eigenvalue weighted by atomic mass is 16.5. The molecular weight excluding hydrogens is 276 g/mol. The zero-order valence-electron chi connectivity index (χ0n) is 13.8. The molecule has 0 radical (unpaired) electrons. The van der Waals surface area contributed by atoms with Gasteiger partial charge in [-0.15, -0.1) is 0 Å². The second-order valence-electron chi connectivity index (χ2n) is 6.08. The van der Waals surface area contributed by atoms with E-state index >= 15 is 0 Å². The molecule has 1 aliphatic heterocycles. The number of hydrogen-bond donors (Lipinski definition) is 1. The average molecular weight is 304 g/mol. The molecule has 122 valence electrons. The Bertz CT molecular complexity index is 451. The van der Waals surface area contributed by atoms with Gasteiger partial charge in [-0.2, -0.15) is 0 Å². The molecule has 1 aliphatic rings. The van der Waals surface area contributed by atoms with Crippen molar-refractivity contribution in [3.05, 3.63) is 29.8 Å². The Kier molecular flexibility index (Phi) is 6.72. The van der Waals surface area contributed by atoms with Crippen LogP contribution in [-0.4, -0.2) is 44.6 Å². The number of piperidine rings is 1.